The van der Waals surface area contributed by atoms with E-state index in [0.29, 0.717) is 17.9 Å². The van der Waals surface area contributed by atoms with Crippen LogP contribution in [-0.4, -0.2) is 44.6 Å². The van der Waals surface area contributed by atoms with E-state index in [4.69, 9.17) is 9.47 Å². The van der Waals surface area contributed by atoms with Crippen LogP contribution in [0, 0.1) is 0 Å². The molecule has 0 radical (unpaired) electrons. The Balaban J connectivity index is 1.87. The van der Waals surface area contributed by atoms with Crippen LogP contribution in [0.5, 0.6) is 11.5 Å². The Kier molecular flexibility index (Phi) is 5.70. The topological polar surface area (TPSA) is 54.4 Å². The van der Waals surface area contributed by atoms with Gasteiger partial charge in [0.05, 0.1) is 26.5 Å². The molecule has 0 fully saturated rings. The van der Waals surface area contributed by atoms with Crippen molar-refractivity contribution in [1.82, 2.24) is 5.01 Å². The number of urea groups is 1. The first kappa shape index (κ1) is 19.2. The van der Waals surface area contributed by atoms with Crippen molar-refractivity contribution in [3.8, 4) is 11.5 Å². The van der Waals surface area contributed by atoms with Crippen molar-refractivity contribution in [2.45, 2.75) is 19.4 Å². The molecule has 0 saturated heterocycles. The van der Waals surface area contributed by atoms with Gasteiger partial charge in [-0.3, -0.25) is 4.90 Å². The number of hydrogen-bond donors (Lipinski definition) is 0. The molecule has 142 valence electrons. The van der Waals surface area contributed by atoms with Crippen molar-refractivity contribution in [1.29, 1.82) is 0 Å². The molecule has 2 aromatic rings. The maximum absolute atomic E-state index is 13.0. The van der Waals surface area contributed by atoms with Gasteiger partial charge in [0, 0.05) is 22.8 Å². The van der Waals surface area contributed by atoms with E-state index in [2.05, 4.69) is 21.0 Å². The van der Waals surface area contributed by atoms with Crippen LogP contribution >= 0.6 is 15.9 Å². The van der Waals surface area contributed by atoms with Crippen LogP contribution in [0.25, 0.3) is 0 Å². The largest absolute Gasteiger partial charge is 0.493 e. The van der Waals surface area contributed by atoms with E-state index in [9.17, 15) is 4.79 Å². The number of ether oxygens (including phenoxy) is 2. The van der Waals surface area contributed by atoms with Crippen molar-refractivity contribution >= 4 is 33.9 Å². The molecule has 2 aromatic carbocycles. The maximum Gasteiger partial charge on any atom is 0.344 e. The standard InChI is InChI=1S/C20H22BrN3O3/c1-13-9-14-10-18(26-3)19(27-4)11-15(14)12-22-24(13)20(25)23(2)17-7-5-16(21)6-8-17/h5-8,10-13H,9H2,1-4H3/t13-/m0/s1. The SMILES string of the molecule is COc1cc2c(cc1OC)C[C@H](C)N(C(=O)N(C)c1ccc(Br)cc1)N=C2. The molecule has 0 aliphatic carbocycles. The molecule has 0 saturated carbocycles. The number of amides is 2. The minimum atomic E-state index is -0.187. The normalized spacial score (nSPS) is 15.7. The Morgan fingerprint density at radius 3 is 2.44 bits per heavy atom. The summed E-state index contributed by atoms with van der Waals surface area (Å²) >= 11 is 3.41. The van der Waals surface area contributed by atoms with E-state index in [-0.39, 0.29) is 12.1 Å². The molecule has 1 aliphatic rings. The lowest BCUT2D eigenvalue weighted by Crippen LogP contribution is -2.43. The lowest BCUT2D eigenvalue weighted by atomic mass is 10.0. The summed E-state index contributed by atoms with van der Waals surface area (Å²) in [4.78, 5) is 14.6. The van der Waals surface area contributed by atoms with Gasteiger partial charge < -0.3 is 9.47 Å². The molecule has 3 rings (SSSR count). The third kappa shape index (κ3) is 3.93. The molecule has 0 aromatic heterocycles. The van der Waals surface area contributed by atoms with E-state index >= 15 is 0 Å². The van der Waals surface area contributed by atoms with Crippen LogP contribution in [0.3, 0.4) is 0 Å². The van der Waals surface area contributed by atoms with Crippen molar-refractivity contribution in [2.24, 2.45) is 5.10 Å². The Bertz CT molecular complexity index is 868. The predicted molar refractivity (Wildman–Crippen MR) is 110 cm³/mol. The number of nitrogens with zero attached hydrogens (tertiary/aromatic N) is 3. The molecule has 2 amide bonds. The van der Waals surface area contributed by atoms with Crippen LogP contribution in [0.1, 0.15) is 18.1 Å². The van der Waals surface area contributed by atoms with Gasteiger partial charge in [0.1, 0.15) is 0 Å². The van der Waals surface area contributed by atoms with Gasteiger partial charge in [0.25, 0.3) is 0 Å². The third-order valence-corrected chi connectivity index (χ3v) is 5.12. The van der Waals surface area contributed by atoms with E-state index in [0.717, 1.165) is 21.3 Å². The van der Waals surface area contributed by atoms with Gasteiger partial charge in [-0.15, -0.1) is 0 Å². The highest BCUT2D eigenvalue weighted by atomic mass is 79.9. The second-order valence-electron chi connectivity index (χ2n) is 6.37. The molecule has 1 heterocycles. The van der Waals surface area contributed by atoms with Crippen LogP contribution in [0.4, 0.5) is 10.5 Å². The number of hydrogen-bond acceptors (Lipinski definition) is 4. The molecule has 0 bridgehead atoms. The van der Waals surface area contributed by atoms with Crippen molar-refractivity contribution < 1.29 is 14.3 Å². The lowest BCUT2D eigenvalue weighted by Gasteiger charge is -2.28. The predicted octanol–water partition coefficient (Wildman–Crippen LogP) is 4.30. The molecule has 0 unspecified atom stereocenters. The molecule has 1 atom stereocenters. The van der Waals surface area contributed by atoms with E-state index in [1.165, 1.54) is 5.01 Å². The average Bonchev–Trinajstić information content (AvgIpc) is 2.83. The van der Waals surface area contributed by atoms with E-state index in [1.807, 2.05) is 43.3 Å². The molecule has 0 N–H and O–H groups in total. The van der Waals surface area contributed by atoms with Gasteiger partial charge in [0.15, 0.2) is 11.5 Å². The number of rotatable bonds is 3. The van der Waals surface area contributed by atoms with Crippen LogP contribution < -0.4 is 14.4 Å². The minimum Gasteiger partial charge on any atom is -0.493 e. The Labute approximate surface area is 167 Å². The Hall–Kier alpha value is -2.54. The Morgan fingerprint density at radius 1 is 1.19 bits per heavy atom. The number of hydrazone groups is 1. The van der Waals surface area contributed by atoms with Crippen LogP contribution in [0.15, 0.2) is 46.0 Å². The lowest BCUT2D eigenvalue weighted by molar-refractivity contribution is 0.190. The van der Waals surface area contributed by atoms with Gasteiger partial charge in [-0.25, -0.2) is 9.80 Å². The first-order chi connectivity index (χ1) is 12.9. The summed E-state index contributed by atoms with van der Waals surface area (Å²) < 4.78 is 11.7. The number of benzene rings is 2. The van der Waals surface area contributed by atoms with Gasteiger partial charge in [0.2, 0.25) is 0 Å². The summed E-state index contributed by atoms with van der Waals surface area (Å²) in [5.74, 6) is 1.31. The Morgan fingerprint density at radius 2 is 1.81 bits per heavy atom. The average molecular weight is 432 g/mol. The molecular formula is C20H22BrN3O3. The highest BCUT2D eigenvalue weighted by Crippen LogP contribution is 2.32. The minimum absolute atomic E-state index is 0.106. The monoisotopic (exact) mass is 431 g/mol. The molecule has 27 heavy (non-hydrogen) atoms. The van der Waals surface area contributed by atoms with Crippen molar-refractivity contribution in [2.75, 3.05) is 26.2 Å². The van der Waals surface area contributed by atoms with Crippen LogP contribution in [-0.2, 0) is 6.42 Å². The zero-order chi connectivity index (χ0) is 19.6. The fraction of sp³-hybridized carbons (Fsp3) is 0.300. The molecule has 7 heteroatoms. The fourth-order valence-corrected chi connectivity index (χ4v) is 3.31. The van der Waals surface area contributed by atoms with E-state index < -0.39 is 0 Å². The maximum atomic E-state index is 13.0. The first-order valence-electron chi connectivity index (χ1n) is 8.56. The molecule has 0 spiro atoms. The molecular weight excluding hydrogens is 410 g/mol. The highest BCUT2D eigenvalue weighted by molar-refractivity contribution is 9.10. The summed E-state index contributed by atoms with van der Waals surface area (Å²) in [6.45, 7) is 1.98. The summed E-state index contributed by atoms with van der Waals surface area (Å²) in [5.41, 5.74) is 2.78. The number of methoxy groups -OCH3 is 2. The second kappa shape index (κ2) is 8.00. The van der Waals surface area contributed by atoms with Crippen molar-refractivity contribution in [3.63, 3.8) is 0 Å². The van der Waals surface area contributed by atoms with E-state index in [1.54, 1.807) is 32.4 Å². The van der Waals surface area contributed by atoms with Gasteiger partial charge in [-0.2, -0.15) is 5.10 Å². The summed E-state index contributed by atoms with van der Waals surface area (Å²) in [6.07, 6.45) is 2.36. The zero-order valence-corrected chi connectivity index (χ0v) is 17.4. The summed E-state index contributed by atoms with van der Waals surface area (Å²) in [5, 5.41) is 5.97. The second-order valence-corrected chi connectivity index (χ2v) is 7.28. The van der Waals surface area contributed by atoms with Gasteiger partial charge >= 0.3 is 6.03 Å². The number of halogens is 1. The fourth-order valence-electron chi connectivity index (χ4n) is 3.04. The first-order valence-corrected chi connectivity index (χ1v) is 9.35. The number of fused-ring (bicyclic) bond motifs is 1. The quantitative estimate of drug-likeness (QED) is 0.727. The zero-order valence-electron chi connectivity index (χ0n) is 15.8. The third-order valence-electron chi connectivity index (χ3n) is 4.60. The van der Waals surface area contributed by atoms with Crippen molar-refractivity contribution in [3.05, 3.63) is 52.0 Å². The highest BCUT2D eigenvalue weighted by Gasteiger charge is 2.27. The van der Waals surface area contributed by atoms with Gasteiger partial charge in [-0.1, -0.05) is 15.9 Å². The molecule has 6 nitrogen and oxygen atoms in total. The summed E-state index contributed by atoms with van der Waals surface area (Å²) in [6, 6.07) is 11.1. The number of carbonyl (C=O) groups excluding carboxylic acids is 1. The number of carbonyl (C=O) groups is 1. The molecule has 1 aliphatic heterocycles. The number of anilines is 1. The summed E-state index contributed by atoms with van der Waals surface area (Å²) in [7, 11) is 4.96. The van der Waals surface area contributed by atoms with Gasteiger partial charge in [-0.05, 0) is 55.3 Å². The van der Waals surface area contributed by atoms with Crippen LogP contribution in [0.2, 0.25) is 0 Å². The smallest absolute Gasteiger partial charge is 0.344 e.